The van der Waals surface area contributed by atoms with Gasteiger partial charge in [-0.25, -0.2) is 4.39 Å². The Morgan fingerprint density at radius 1 is 1.18 bits per heavy atom. The van der Waals surface area contributed by atoms with Crippen molar-refractivity contribution in [2.45, 2.75) is 51.7 Å². The molecule has 1 aliphatic carbocycles. The molecule has 150 valence electrons. The normalized spacial score (nSPS) is 19.0. The van der Waals surface area contributed by atoms with Crippen molar-refractivity contribution in [1.29, 1.82) is 0 Å². The minimum atomic E-state index is -0.731. The zero-order valence-corrected chi connectivity index (χ0v) is 16.7. The topological polar surface area (TPSA) is 55.6 Å². The van der Waals surface area contributed by atoms with Gasteiger partial charge in [0.25, 0.3) is 5.91 Å². The molecule has 1 saturated carbocycles. The number of halogens is 1. The van der Waals surface area contributed by atoms with Crippen LogP contribution in [0.3, 0.4) is 0 Å². The van der Waals surface area contributed by atoms with Gasteiger partial charge in [0.15, 0.2) is 0 Å². The minimum Gasteiger partial charge on any atom is -0.489 e. The van der Waals surface area contributed by atoms with Crippen LogP contribution in [0, 0.1) is 5.82 Å². The van der Waals surface area contributed by atoms with E-state index in [4.69, 9.17) is 10.5 Å². The van der Waals surface area contributed by atoms with Gasteiger partial charge in [-0.3, -0.25) is 9.69 Å². The van der Waals surface area contributed by atoms with Gasteiger partial charge in [-0.05, 0) is 42.4 Å². The summed E-state index contributed by atoms with van der Waals surface area (Å²) in [6, 6.07) is 13.3. The fraction of sp³-hybridized carbons (Fsp3) is 0.435. The Kier molecular flexibility index (Phi) is 6.68. The van der Waals surface area contributed by atoms with Crippen molar-refractivity contribution in [3.05, 3.63) is 65.0 Å². The summed E-state index contributed by atoms with van der Waals surface area (Å²) >= 11 is 0. The molecule has 1 saturated heterocycles. The molecule has 2 N–H and O–H groups in total. The second-order valence-electron chi connectivity index (χ2n) is 7.26. The van der Waals surface area contributed by atoms with Gasteiger partial charge in [-0.1, -0.05) is 44.2 Å². The van der Waals surface area contributed by atoms with E-state index in [0.29, 0.717) is 11.7 Å². The van der Waals surface area contributed by atoms with Crippen molar-refractivity contribution in [3.8, 4) is 5.75 Å². The molecule has 0 bridgehead atoms. The van der Waals surface area contributed by atoms with E-state index < -0.39 is 11.7 Å². The highest BCUT2D eigenvalue weighted by Gasteiger charge is 2.31. The maximum atomic E-state index is 14.2. The number of hydrogen-bond donors (Lipinski definition) is 1. The van der Waals surface area contributed by atoms with Crippen LogP contribution in [-0.2, 0) is 6.54 Å². The second-order valence-corrected chi connectivity index (χ2v) is 7.26. The van der Waals surface area contributed by atoms with Crippen molar-refractivity contribution >= 4 is 5.91 Å². The lowest BCUT2D eigenvalue weighted by atomic mass is 10.0. The molecule has 1 atom stereocenters. The molecule has 28 heavy (non-hydrogen) atoms. The molecule has 0 aromatic heterocycles. The van der Waals surface area contributed by atoms with Crippen LogP contribution in [0.1, 0.15) is 60.5 Å². The number of carbonyl (C=O) groups is 1. The van der Waals surface area contributed by atoms with Crippen LogP contribution in [0.4, 0.5) is 4.39 Å². The fourth-order valence-electron chi connectivity index (χ4n) is 3.63. The van der Waals surface area contributed by atoms with E-state index in [1.54, 1.807) is 6.07 Å². The Balaban J connectivity index is 0.00000109. The third-order valence-electron chi connectivity index (χ3n) is 5.15. The molecule has 1 amide bonds. The van der Waals surface area contributed by atoms with Crippen LogP contribution < -0.4 is 10.5 Å². The Morgan fingerprint density at radius 3 is 2.54 bits per heavy atom. The SMILES string of the molecule is CC.NC(=O)c1cc(C2CC2)c(OC2CCN(Cc3ccccc3)C2)cc1F. The molecule has 1 heterocycles. The number of primary amides is 1. The van der Waals surface area contributed by atoms with Crippen LogP contribution in [0.15, 0.2) is 42.5 Å². The molecule has 1 aliphatic heterocycles. The summed E-state index contributed by atoms with van der Waals surface area (Å²) in [6.45, 7) is 6.67. The first-order valence-corrected chi connectivity index (χ1v) is 10.2. The molecule has 2 aromatic rings. The molecule has 5 heteroatoms. The van der Waals surface area contributed by atoms with Gasteiger partial charge < -0.3 is 10.5 Å². The first-order valence-electron chi connectivity index (χ1n) is 10.2. The van der Waals surface area contributed by atoms with Gasteiger partial charge in [0.2, 0.25) is 0 Å². The summed E-state index contributed by atoms with van der Waals surface area (Å²) in [7, 11) is 0. The molecule has 0 radical (unpaired) electrons. The summed E-state index contributed by atoms with van der Waals surface area (Å²) in [5, 5.41) is 0. The maximum absolute atomic E-state index is 14.2. The zero-order valence-electron chi connectivity index (χ0n) is 16.7. The van der Waals surface area contributed by atoms with Crippen LogP contribution in [0.2, 0.25) is 0 Å². The monoisotopic (exact) mass is 384 g/mol. The van der Waals surface area contributed by atoms with Crippen LogP contribution >= 0.6 is 0 Å². The van der Waals surface area contributed by atoms with Crippen LogP contribution in [0.5, 0.6) is 5.75 Å². The van der Waals surface area contributed by atoms with E-state index in [2.05, 4.69) is 17.0 Å². The van der Waals surface area contributed by atoms with E-state index in [1.165, 1.54) is 11.6 Å². The fourth-order valence-corrected chi connectivity index (χ4v) is 3.63. The Labute approximate surface area is 166 Å². The third-order valence-corrected chi connectivity index (χ3v) is 5.15. The molecule has 2 aliphatic rings. The molecular formula is C23H29FN2O2. The Hall–Kier alpha value is -2.40. The number of nitrogens with zero attached hydrogens (tertiary/aromatic N) is 1. The van der Waals surface area contributed by atoms with Crippen molar-refractivity contribution < 1.29 is 13.9 Å². The number of amides is 1. The molecule has 4 nitrogen and oxygen atoms in total. The summed E-state index contributed by atoms with van der Waals surface area (Å²) in [4.78, 5) is 13.8. The number of rotatable bonds is 6. The second kappa shape index (κ2) is 9.20. The maximum Gasteiger partial charge on any atom is 0.251 e. The Bertz CT molecular complexity index is 806. The van der Waals surface area contributed by atoms with E-state index in [0.717, 1.165) is 44.5 Å². The number of likely N-dealkylation sites (tertiary alicyclic amines) is 1. The molecule has 0 spiro atoms. The number of nitrogens with two attached hydrogens (primary N) is 1. The third kappa shape index (κ3) is 4.90. The number of carbonyl (C=O) groups excluding carboxylic acids is 1. The molecule has 2 fully saturated rings. The summed E-state index contributed by atoms with van der Waals surface area (Å²) in [6.07, 6.45) is 3.04. The number of hydrogen-bond acceptors (Lipinski definition) is 3. The molecule has 2 aromatic carbocycles. The predicted molar refractivity (Wildman–Crippen MR) is 109 cm³/mol. The highest BCUT2D eigenvalue weighted by molar-refractivity contribution is 5.93. The first kappa shape index (κ1) is 20.3. The smallest absolute Gasteiger partial charge is 0.251 e. The quantitative estimate of drug-likeness (QED) is 0.799. The van der Waals surface area contributed by atoms with Crippen molar-refractivity contribution in [2.75, 3.05) is 13.1 Å². The summed E-state index contributed by atoms with van der Waals surface area (Å²) in [5.41, 5.74) is 7.44. The van der Waals surface area contributed by atoms with Gasteiger partial charge in [0.1, 0.15) is 17.7 Å². The largest absolute Gasteiger partial charge is 0.489 e. The summed E-state index contributed by atoms with van der Waals surface area (Å²) in [5.74, 6) is -0.408. The average Bonchev–Trinajstić information content (AvgIpc) is 3.45. The van der Waals surface area contributed by atoms with Crippen LogP contribution in [-0.4, -0.2) is 30.0 Å². The predicted octanol–water partition coefficient (Wildman–Crippen LogP) is 4.48. The van der Waals surface area contributed by atoms with Gasteiger partial charge in [0.05, 0.1) is 5.56 Å². The summed E-state index contributed by atoms with van der Waals surface area (Å²) < 4.78 is 20.4. The first-order chi connectivity index (χ1) is 13.6. The molecule has 4 rings (SSSR count). The highest BCUT2D eigenvalue weighted by Crippen LogP contribution is 2.45. The Morgan fingerprint density at radius 2 is 1.89 bits per heavy atom. The number of benzene rings is 2. The van der Waals surface area contributed by atoms with Gasteiger partial charge in [-0.2, -0.15) is 0 Å². The van der Waals surface area contributed by atoms with Crippen molar-refractivity contribution in [3.63, 3.8) is 0 Å². The van der Waals surface area contributed by atoms with E-state index in [9.17, 15) is 9.18 Å². The van der Waals surface area contributed by atoms with Crippen molar-refractivity contribution in [2.24, 2.45) is 5.73 Å². The van der Waals surface area contributed by atoms with E-state index in [1.807, 2.05) is 32.0 Å². The van der Waals surface area contributed by atoms with Gasteiger partial charge in [-0.15, -0.1) is 0 Å². The molecule has 1 unspecified atom stereocenters. The highest BCUT2D eigenvalue weighted by atomic mass is 19.1. The van der Waals surface area contributed by atoms with Gasteiger partial charge >= 0.3 is 0 Å². The molecular weight excluding hydrogens is 355 g/mol. The van der Waals surface area contributed by atoms with Crippen molar-refractivity contribution in [1.82, 2.24) is 4.90 Å². The van der Waals surface area contributed by atoms with Gasteiger partial charge in [0, 0.05) is 25.7 Å². The lowest BCUT2D eigenvalue weighted by molar-refractivity contribution is 0.0996. The average molecular weight is 384 g/mol. The van der Waals surface area contributed by atoms with Crippen LogP contribution in [0.25, 0.3) is 0 Å². The number of ether oxygens (including phenoxy) is 1. The zero-order chi connectivity index (χ0) is 20.1. The minimum absolute atomic E-state index is 0.0371. The lowest BCUT2D eigenvalue weighted by Gasteiger charge is -2.19. The standard InChI is InChI=1S/C21H23FN2O2.C2H6/c22-19-11-20(17(15-6-7-15)10-18(19)21(23)25)26-16-8-9-24(13-16)12-14-4-2-1-3-5-14;1-2/h1-5,10-11,15-16H,6-9,12-13H2,(H2,23,25);1-2H3. The van der Waals surface area contributed by atoms with E-state index in [-0.39, 0.29) is 11.7 Å². The van der Waals surface area contributed by atoms with E-state index >= 15 is 0 Å². The lowest BCUT2D eigenvalue weighted by Crippen LogP contribution is -2.25.